The van der Waals surface area contributed by atoms with E-state index in [0.29, 0.717) is 5.75 Å². The number of halogens is 3. The molecule has 0 heterocycles. The number of hydrogen-bond acceptors (Lipinski definition) is 3. The smallest absolute Gasteiger partial charge is 0.407 e. The molecule has 0 saturated carbocycles. The highest BCUT2D eigenvalue weighted by Gasteiger charge is 2.30. The summed E-state index contributed by atoms with van der Waals surface area (Å²) in [4.78, 5) is 21.7. The lowest BCUT2D eigenvalue weighted by Gasteiger charge is -2.15. The van der Waals surface area contributed by atoms with Crippen molar-refractivity contribution in [2.75, 3.05) is 20.2 Å². The van der Waals surface area contributed by atoms with Crippen LogP contribution in [-0.4, -0.2) is 54.9 Å². The Labute approximate surface area is 125 Å². The number of ether oxygens (including phenoxy) is 1. The fourth-order valence-corrected chi connectivity index (χ4v) is 1.56. The first-order chi connectivity index (χ1) is 10.4. The van der Waals surface area contributed by atoms with E-state index in [-0.39, 0.29) is 25.0 Å². The third-order valence-electron chi connectivity index (χ3n) is 2.93. The van der Waals surface area contributed by atoms with Crippen molar-refractivity contribution in [2.24, 2.45) is 0 Å². The minimum Gasteiger partial charge on any atom is -0.492 e. The van der Waals surface area contributed by atoms with Crippen LogP contribution in [0.2, 0.25) is 0 Å². The predicted octanol–water partition coefficient (Wildman–Crippen LogP) is 2.56. The van der Waals surface area contributed by atoms with Gasteiger partial charge in [-0.25, -0.2) is 18.0 Å². The molecule has 8 heteroatoms. The lowest BCUT2D eigenvalue weighted by molar-refractivity contribution is -0.115. The van der Waals surface area contributed by atoms with Gasteiger partial charge in [0.15, 0.2) is 24.8 Å². The first-order valence-corrected chi connectivity index (χ1v) is 6.41. The summed E-state index contributed by atoms with van der Waals surface area (Å²) >= 11 is 0. The van der Waals surface area contributed by atoms with Gasteiger partial charge in [0.1, 0.15) is 12.4 Å². The van der Waals surface area contributed by atoms with Crippen molar-refractivity contribution < 1.29 is 32.6 Å². The standard InChI is InChI=1S/C14H16F3NO4/c1-18(14(20)21)6-7-22-10-4-2-9(3-5-10)12(16)13(17)11(15)8-19/h2-5,8,11-13H,6-7H2,1H3,(H,20,21). The van der Waals surface area contributed by atoms with Crippen LogP contribution in [0.1, 0.15) is 11.7 Å². The number of carbonyl (C=O) groups excluding carboxylic acids is 1. The SMILES string of the molecule is CN(CCOc1ccc(C(F)C(F)C(F)C=O)cc1)C(=O)O. The number of benzene rings is 1. The Kier molecular flexibility index (Phi) is 6.68. The first-order valence-electron chi connectivity index (χ1n) is 6.41. The Balaban J connectivity index is 2.55. The normalized spacial score (nSPS) is 14.7. The van der Waals surface area contributed by atoms with E-state index >= 15 is 0 Å². The molecule has 1 aromatic rings. The Hall–Kier alpha value is -2.25. The van der Waals surface area contributed by atoms with Crippen LogP contribution in [0.3, 0.4) is 0 Å². The van der Waals surface area contributed by atoms with Gasteiger partial charge in [-0.2, -0.15) is 0 Å². The largest absolute Gasteiger partial charge is 0.492 e. The second-order valence-corrected chi connectivity index (χ2v) is 4.55. The Morgan fingerprint density at radius 2 is 1.91 bits per heavy atom. The number of hydrogen-bond donors (Lipinski definition) is 1. The summed E-state index contributed by atoms with van der Waals surface area (Å²) in [6, 6.07) is 5.13. The van der Waals surface area contributed by atoms with Crippen LogP contribution in [0.5, 0.6) is 5.75 Å². The summed E-state index contributed by atoms with van der Waals surface area (Å²) in [6.45, 7) is 0.225. The highest BCUT2D eigenvalue weighted by atomic mass is 19.2. The molecule has 0 aliphatic carbocycles. The van der Waals surface area contributed by atoms with Gasteiger partial charge in [0.25, 0.3) is 0 Å². The fraction of sp³-hybridized carbons (Fsp3) is 0.429. The quantitative estimate of drug-likeness (QED) is 0.748. The minimum atomic E-state index is -2.56. The number of aldehydes is 1. The van der Waals surface area contributed by atoms with E-state index in [1.165, 1.54) is 31.3 Å². The van der Waals surface area contributed by atoms with Crippen LogP contribution < -0.4 is 4.74 Å². The van der Waals surface area contributed by atoms with Crippen molar-refractivity contribution >= 4 is 12.4 Å². The zero-order chi connectivity index (χ0) is 16.7. The summed E-state index contributed by atoms with van der Waals surface area (Å²) in [7, 11) is 1.38. The third kappa shape index (κ3) is 4.94. The van der Waals surface area contributed by atoms with Gasteiger partial charge in [0.05, 0.1) is 6.54 Å². The molecule has 22 heavy (non-hydrogen) atoms. The highest BCUT2D eigenvalue weighted by Crippen LogP contribution is 2.28. The van der Waals surface area contributed by atoms with E-state index in [9.17, 15) is 22.8 Å². The zero-order valence-electron chi connectivity index (χ0n) is 11.8. The highest BCUT2D eigenvalue weighted by molar-refractivity contribution is 5.64. The molecular weight excluding hydrogens is 303 g/mol. The summed E-state index contributed by atoms with van der Waals surface area (Å²) in [5.41, 5.74) is -0.119. The Bertz CT molecular complexity index is 497. The second kappa shape index (κ2) is 8.26. The molecule has 122 valence electrons. The second-order valence-electron chi connectivity index (χ2n) is 4.55. The topological polar surface area (TPSA) is 66.8 Å². The molecule has 0 spiro atoms. The fourth-order valence-electron chi connectivity index (χ4n) is 1.56. The van der Waals surface area contributed by atoms with E-state index in [2.05, 4.69) is 0 Å². The number of alkyl halides is 3. The molecule has 1 amide bonds. The van der Waals surface area contributed by atoms with Crippen LogP contribution in [-0.2, 0) is 4.79 Å². The maximum atomic E-state index is 13.7. The lowest BCUT2D eigenvalue weighted by atomic mass is 10.0. The van der Waals surface area contributed by atoms with Crippen LogP contribution >= 0.6 is 0 Å². The Morgan fingerprint density at radius 3 is 2.41 bits per heavy atom. The Morgan fingerprint density at radius 1 is 1.32 bits per heavy atom. The lowest BCUT2D eigenvalue weighted by Crippen LogP contribution is -2.29. The molecule has 1 N–H and O–H groups in total. The zero-order valence-corrected chi connectivity index (χ0v) is 11.8. The molecule has 0 saturated heterocycles. The predicted molar refractivity (Wildman–Crippen MR) is 72.3 cm³/mol. The number of rotatable bonds is 8. The van der Waals surface area contributed by atoms with Gasteiger partial charge in [-0.05, 0) is 17.7 Å². The van der Waals surface area contributed by atoms with Crippen molar-refractivity contribution in [3.05, 3.63) is 29.8 Å². The average molecular weight is 319 g/mol. The van der Waals surface area contributed by atoms with Gasteiger partial charge >= 0.3 is 6.09 Å². The molecule has 0 aliphatic rings. The molecule has 3 unspecified atom stereocenters. The maximum Gasteiger partial charge on any atom is 0.407 e. The maximum absolute atomic E-state index is 13.7. The van der Waals surface area contributed by atoms with Crippen LogP contribution in [0.25, 0.3) is 0 Å². The number of carboxylic acid groups (broad SMARTS) is 1. The molecule has 0 aromatic heterocycles. The van der Waals surface area contributed by atoms with Gasteiger partial charge in [0.2, 0.25) is 0 Å². The van der Waals surface area contributed by atoms with Crippen molar-refractivity contribution in [1.82, 2.24) is 4.90 Å². The number of nitrogens with zero attached hydrogens (tertiary/aromatic N) is 1. The van der Waals surface area contributed by atoms with Gasteiger partial charge in [0, 0.05) is 7.05 Å². The van der Waals surface area contributed by atoms with E-state index < -0.39 is 24.6 Å². The molecule has 0 bridgehead atoms. The molecule has 0 aliphatic heterocycles. The van der Waals surface area contributed by atoms with E-state index in [1.54, 1.807) is 0 Å². The number of carbonyl (C=O) groups is 2. The number of amides is 1. The molecule has 0 radical (unpaired) electrons. The van der Waals surface area contributed by atoms with E-state index in [0.717, 1.165) is 4.90 Å². The summed E-state index contributed by atoms with van der Waals surface area (Å²) in [6.07, 6.45) is -8.71. The molecule has 1 rings (SSSR count). The van der Waals surface area contributed by atoms with Gasteiger partial charge in [-0.1, -0.05) is 12.1 Å². The molecular formula is C14H16F3NO4. The van der Waals surface area contributed by atoms with Crippen molar-refractivity contribution in [2.45, 2.75) is 18.5 Å². The summed E-state index contributed by atoms with van der Waals surface area (Å²) in [5.74, 6) is 0.331. The summed E-state index contributed by atoms with van der Waals surface area (Å²) in [5, 5.41) is 8.63. The summed E-state index contributed by atoms with van der Waals surface area (Å²) < 4.78 is 45.0. The van der Waals surface area contributed by atoms with Gasteiger partial charge < -0.3 is 14.7 Å². The molecule has 0 fully saturated rings. The van der Waals surface area contributed by atoms with Crippen molar-refractivity contribution in [1.29, 1.82) is 0 Å². The van der Waals surface area contributed by atoms with Crippen LogP contribution in [0.15, 0.2) is 24.3 Å². The van der Waals surface area contributed by atoms with Crippen molar-refractivity contribution in [3.63, 3.8) is 0 Å². The van der Waals surface area contributed by atoms with E-state index in [1.807, 2.05) is 0 Å². The molecule has 5 nitrogen and oxygen atoms in total. The van der Waals surface area contributed by atoms with Crippen molar-refractivity contribution in [3.8, 4) is 5.75 Å². The first kappa shape index (κ1) is 17.8. The monoisotopic (exact) mass is 319 g/mol. The van der Waals surface area contributed by atoms with Crippen LogP contribution in [0, 0.1) is 0 Å². The number of likely N-dealkylation sites (N-methyl/N-ethyl adjacent to an activating group) is 1. The van der Waals surface area contributed by atoms with Gasteiger partial charge in [-0.3, -0.25) is 4.79 Å². The van der Waals surface area contributed by atoms with Crippen LogP contribution in [0.4, 0.5) is 18.0 Å². The average Bonchev–Trinajstić information content (AvgIpc) is 2.53. The molecule has 1 aromatic carbocycles. The van der Waals surface area contributed by atoms with E-state index in [4.69, 9.17) is 9.84 Å². The van der Waals surface area contributed by atoms with Gasteiger partial charge in [-0.15, -0.1) is 0 Å². The minimum absolute atomic E-state index is 0.0879. The third-order valence-corrected chi connectivity index (χ3v) is 2.93. The molecule has 3 atom stereocenters.